The third-order valence-electron chi connectivity index (χ3n) is 3.57. The first kappa shape index (κ1) is 18.2. The van der Waals surface area contributed by atoms with Crippen LogP contribution in [-0.4, -0.2) is 25.7 Å². The lowest BCUT2D eigenvalue weighted by Crippen LogP contribution is -2.22. The Balaban J connectivity index is 1.59. The number of carbonyl (C=O) groups excluding carboxylic acids is 1. The maximum Gasteiger partial charge on any atom is 0.416 e. The molecule has 3 rings (SSSR count). The van der Waals surface area contributed by atoms with Gasteiger partial charge in [0.15, 0.2) is 11.5 Å². The van der Waals surface area contributed by atoms with Crippen LogP contribution in [0.25, 0.3) is 0 Å². The molecule has 1 heterocycles. The van der Waals surface area contributed by atoms with Crippen molar-refractivity contribution < 1.29 is 27.4 Å². The minimum Gasteiger partial charge on any atom is -0.486 e. The SMILES string of the molecule is O=C(CNc1ccc(C(F)(F)F)cc1)Nc1cc2c(cc1Cl)OCCO2. The molecule has 0 aliphatic carbocycles. The van der Waals surface area contributed by atoms with Crippen LogP contribution in [0.15, 0.2) is 36.4 Å². The smallest absolute Gasteiger partial charge is 0.416 e. The number of nitrogens with one attached hydrogen (secondary N) is 2. The maximum absolute atomic E-state index is 12.5. The Morgan fingerprint density at radius 1 is 1.08 bits per heavy atom. The zero-order chi connectivity index (χ0) is 18.7. The molecule has 2 aromatic carbocycles. The highest BCUT2D eigenvalue weighted by molar-refractivity contribution is 6.34. The average molecular weight is 387 g/mol. The molecule has 0 saturated heterocycles. The molecule has 0 fully saturated rings. The molecule has 2 aromatic rings. The number of amides is 1. The zero-order valence-electron chi connectivity index (χ0n) is 13.3. The maximum atomic E-state index is 12.5. The van der Waals surface area contributed by atoms with E-state index in [4.69, 9.17) is 21.1 Å². The van der Waals surface area contributed by atoms with Gasteiger partial charge in [-0.1, -0.05) is 11.6 Å². The summed E-state index contributed by atoms with van der Waals surface area (Å²) in [6.45, 7) is 0.680. The molecule has 2 N–H and O–H groups in total. The Kier molecular flexibility index (Phi) is 5.13. The number of carbonyl (C=O) groups is 1. The second kappa shape index (κ2) is 7.33. The average Bonchev–Trinajstić information content (AvgIpc) is 2.60. The predicted octanol–water partition coefficient (Wildman–Crippen LogP) is 4.18. The van der Waals surface area contributed by atoms with Gasteiger partial charge in [0.1, 0.15) is 13.2 Å². The number of benzene rings is 2. The van der Waals surface area contributed by atoms with Gasteiger partial charge >= 0.3 is 6.18 Å². The number of alkyl halides is 3. The molecule has 0 atom stereocenters. The van der Waals surface area contributed by atoms with Crippen LogP contribution in [0.4, 0.5) is 24.5 Å². The number of rotatable bonds is 4. The second-order valence-electron chi connectivity index (χ2n) is 5.45. The fraction of sp³-hybridized carbons (Fsp3) is 0.235. The molecule has 0 bridgehead atoms. The summed E-state index contributed by atoms with van der Waals surface area (Å²) >= 11 is 6.11. The Bertz CT molecular complexity index is 810. The van der Waals surface area contributed by atoms with E-state index in [1.807, 2.05) is 0 Å². The summed E-state index contributed by atoms with van der Waals surface area (Å²) in [7, 11) is 0. The lowest BCUT2D eigenvalue weighted by Gasteiger charge is -2.20. The molecule has 0 aromatic heterocycles. The summed E-state index contributed by atoms with van der Waals surface area (Å²) in [5, 5.41) is 5.65. The van der Waals surface area contributed by atoms with E-state index in [0.29, 0.717) is 36.1 Å². The summed E-state index contributed by atoms with van der Waals surface area (Å²) in [6.07, 6.45) is -4.40. The van der Waals surface area contributed by atoms with Gasteiger partial charge in [-0.15, -0.1) is 0 Å². The van der Waals surface area contributed by atoms with Gasteiger partial charge in [0.05, 0.1) is 22.8 Å². The molecule has 1 amide bonds. The van der Waals surface area contributed by atoms with E-state index in [2.05, 4.69) is 10.6 Å². The van der Waals surface area contributed by atoms with Crippen molar-refractivity contribution in [3.05, 3.63) is 47.0 Å². The van der Waals surface area contributed by atoms with E-state index in [0.717, 1.165) is 12.1 Å². The number of ether oxygens (including phenoxy) is 2. The van der Waals surface area contributed by atoms with Gasteiger partial charge in [0.2, 0.25) is 5.91 Å². The van der Waals surface area contributed by atoms with E-state index >= 15 is 0 Å². The van der Waals surface area contributed by atoms with Crippen LogP contribution >= 0.6 is 11.6 Å². The van der Waals surface area contributed by atoms with Crippen molar-refractivity contribution in [1.29, 1.82) is 0 Å². The molecule has 26 heavy (non-hydrogen) atoms. The number of hydrogen-bond acceptors (Lipinski definition) is 4. The Hall–Kier alpha value is -2.61. The molecule has 5 nitrogen and oxygen atoms in total. The summed E-state index contributed by atoms with van der Waals surface area (Å²) in [6, 6.07) is 7.51. The highest BCUT2D eigenvalue weighted by Gasteiger charge is 2.29. The van der Waals surface area contributed by atoms with Crippen molar-refractivity contribution in [2.45, 2.75) is 6.18 Å². The molecular weight excluding hydrogens is 373 g/mol. The Labute approximate surface area is 152 Å². The van der Waals surface area contributed by atoms with E-state index in [-0.39, 0.29) is 11.6 Å². The van der Waals surface area contributed by atoms with Gasteiger partial charge in [-0.3, -0.25) is 4.79 Å². The summed E-state index contributed by atoms with van der Waals surface area (Å²) in [5.74, 6) is 0.567. The molecule has 1 aliphatic heterocycles. The Morgan fingerprint density at radius 3 is 2.31 bits per heavy atom. The summed E-state index contributed by atoms with van der Waals surface area (Å²) < 4.78 is 48.4. The molecule has 0 spiro atoms. The van der Waals surface area contributed by atoms with Gasteiger partial charge in [-0.25, -0.2) is 0 Å². The van der Waals surface area contributed by atoms with Crippen molar-refractivity contribution in [3.8, 4) is 11.5 Å². The second-order valence-corrected chi connectivity index (χ2v) is 5.86. The van der Waals surface area contributed by atoms with Crippen molar-refractivity contribution in [2.24, 2.45) is 0 Å². The molecule has 138 valence electrons. The van der Waals surface area contributed by atoms with Crippen LogP contribution in [0, 0.1) is 0 Å². The molecule has 0 saturated carbocycles. The van der Waals surface area contributed by atoms with Gasteiger partial charge < -0.3 is 20.1 Å². The van der Waals surface area contributed by atoms with Gasteiger partial charge in [0.25, 0.3) is 0 Å². The monoisotopic (exact) mass is 386 g/mol. The van der Waals surface area contributed by atoms with Gasteiger partial charge in [-0.2, -0.15) is 13.2 Å². The van der Waals surface area contributed by atoms with Crippen LogP contribution in [0.3, 0.4) is 0 Å². The van der Waals surface area contributed by atoms with E-state index in [1.54, 1.807) is 12.1 Å². The van der Waals surface area contributed by atoms with E-state index in [9.17, 15) is 18.0 Å². The van der Waals surface area contributed by atoms with E-state index < -0.39 is 17.6 Å². The lowest BCUT2D eigenvalue weighted by molar-refractivity contribution is -0.137. The minimum atomic E-state index is -4.40. The molecule has 9 heteroatoms. The number of hydrogen-bond donors (Lipinski definition) is 2. The van der Waals surface area contributed by atoms with Crippen molar-refractivity contribution in [2.75, 3.05) is 30.4 Å². The van der Waals surface area contributed by atoms with Crippen LogP contribution in [0.2, 0.25) is 5.02 Å². The number of halogens is 4. The summed E-state index contributed by atoms with van der Waals surface area (Å²) in [4.78, 5) is 12.0. The fourth-order valence-electron chi connectivity index (χ4n) is 2.31. The first-order chi connectivity index (χ1) is 12.3. The highest BCUT2D eigenvalue weighted by atomic mass is 35.5. The minimum absolute atomic E-state index is 0.143. The highest BCUT2D eigenvalue weighted by Crippen LogP contribution is 2.38. The number of anilines is 2. The quantitative estimate of drug-likeness (QED) is 0.827. The van der Waals surface area contributed by atoms with Crippen molar-refractivity contribution in [1.82, 2.24) is 0 Å². The zero-order valence-corrected chi connectivity index (χ0v) is 14.1. The largest absolute Gasteiger partial charge is 0.486 e. The first-order valence-electron chi connectivity index (χ1n) is 7.63. The Morgan fingerprint density at radius 2 is 1.69 bits per heavy atom. The molecule has 1 aliphatic rings. The number of fused-ring (bicyclic) bond motifs is 1. The standard InChI is InChI=1S/C17H14ClF3N2O3/c18-12-7-14-15(26-6-5-25-14)8-13(12)23-16(24)9-22-11-3-1-10(2-4-11)17(19,20)21/h1-4,7-8,22H,5-6,9H2,(H,23,24). The summed E-state index contributed by atoms with van der Waals surface area (Å²) in [5.41, 5.74) is -0.00730. The predicted molar refractivity (Wildman–Crippen MR) is 91.0 cm³/mol. The first-order valence-corrected chi connectivity index (χ1v) is 8.01. The topological polar surface area (TPSA) is 59.6 Å². The fourth-order valence-corrected chi connectivity index (χ4v) is 2.51. The van der Waals surface area contributed by atoms with Crippen LogP contribution in [-0.2, 0) is 11.0 Å². The third kappa shape index (κ3) is 4.32. The third-order valence-corrected chi connectivity index (χ3v) is 3.88. The van der Waals surface area contributed by atoms with Crippen molar-refractivity contribution in [3.63, 3.8) is 0 Å². The normalized spacial score (nSPS) is 13.2. The van der Waals surface area contributed by atoms with Crippen molar-refractivity contribution >= 4 is 28.9 Å². The van der Waals surface area contributed by atoms with Crippen LogP contribution in [0.1, 0.15) is 5.56 Å². The molecular formula is C17H14ClF3N2O3. The van der Waals surface area contributed by atoms with Gasteiger partial charge in [-0.05, 0) is 24.3 Å². The molecule has 0 radical (unpaired) electrons. The molecule has 0 unspecified atom stereocenters. The lowest BCUT2D eigenvalue weighted by atomic mass is 10.2. The van der Waals surface area contributed by atoms with Crippen LogP contribution in [0.5, 0.6) is 11.5 Å². The van der Waals surface area contributed by atoms with Crippen LogP contribution < -0.4 is 20.1 Å². The van der Waals surface area contributed by atoms with E-state index in [1.165, 1.54) is 12.1 Å². The van der Waals surface area contributed by atoms with Gasteiger partial charge in [0, 0.05) is 17.8 Å².